The zero-order valence-corrected chi connectivity index (χ0v) is 16.9. The first-order chi connectivity index (χ1) is 13.4. The molecule has 1 fully saturated rings. The number of hydrogen-bond acceptors (Lipinski definition) is 6. The molecular weight excluding hydrogens is 396 g/mol. The number of amides is 1. The average Bonchev–Trinajstić information content (AvgIpc) is 3.15. The number of thiazole rings is 1. The number of β-lactam (4-membered cyclic amide) rings is 1. The van der Waals surface area contributed by atoms with Gasteiger partial charge in [0.1, 0.15) is 5.70 Å². The van der Waals surface area contributed by atoms with Gasteiger partial charge in [-0.2, -0.15) is 0 Å². The van der Waals surface area contributed by atoms with E-state index in [9.17, 15) is 19.8 Å². The molecule has 2 aliphatic rings. The van der Waals surface area contributed by atoms with Crippen molar-refractivity contribution in [2.24, 2.45) is 11.8 Å². The number of rotatable bonds is 4. The van der Waals surface area contributed by atoms with Gasteiger partial charge >= 0.3 is 5.97 Å². The zero-order chi connectivity index (χ0) is 20.0. The monoisotopic (exact) mass is 414 g/mol. The van der Waals surface area contributed by atoms with Gasteiger partial charge in [0.25, 0.3) is 0 Å². The SMILES string of the molecule is CC(O)C1C(=O)N2C(C(=O)O)=C(C#CCSc3nc4ccccc4s3)[C@H](C)C12. The molecule has 1 aromatic carbocycles. The fourth-order valence-corrected chi connectivity index (χ4v) is 5.68. The number of carboxylic acids is 1. The van der Waals surface area contributed by atoms with E-state index in [0.717, 1.165) is 14.6 Å². The molecule has 0 radical (unpaired) electrons. The van der Waals surface area contributed by atoms with Crippen molar-refractivity contribution in [3.8, 4) is 11.8 Å². The number of aliphatic carboxylic acids is 1. The van der Waals surface area contributed by atoms with Gasteiger partial charge in [0.2, 0.25) is 5.91 Å². The smallest absolute Gasteiger partial charge is 0.353 e. The average molecular weight is 415 g/mol. The summed E-state index contributed by atoms with van der Waals surface area (Å²) in [6.07, 6.45) is -0.812. The number of benzene rings is 1. The van der Waals surface area contributed by atoms with Gasteiger partial charge in [-0.3, -0.25) is 4.79 Å². The summed E-state index contributed by atoms with van der Waals surface area (Å²) in [5.41, 5.74) is 1.37. The summed E-state index contributed by atoms with van der Waals surface area (Å²) in [5.74, 6) is 4.18. The Morgan fingerprint density at radius 3 is 2.86 bits per heavy atom. The predicted molar refractivity (Wildman–Crippen MR) is 108 cm³/mol. The van der Waals surface area contributed by atoms with Gasteiger partial charge in [0.05, 0.1) is 34.0 Å². The van der Waals surface area contributed by atoms with Crippen LogP contribution in [0.5, 0.6) is 0 Å². The molecule has 3 heterocycles. The van der Waals surface area contributed by atoms with Crippen LogP contribution >= 0.6 is 23.1 Å². The maximum absolute atomic E-state index is 12.3. The second-order valence-corrected chi connectivity index (χ2v) is 9.11. The molecular formula is C20H18N2O4S2. The number of thioether (sulfide) groups is 1. The molecule has 2 N–H and O–H groups in total. The summed E-state index contributed by atoms with van der Waals surface area (Å²) < 4.78 is 2.03. The summed E-state index contributed by atoms with van der Waals surface area (Å²) in [6, 6.07) is 7.57. The summed E-state index contributed by atoms with van der Waals surface area (Å²) in [7, 11) is 0. The molecule has 3 unspecified atom stereocenters. The van der Waals surface area contributed by atoms with Crippen molar-refractivity contribution in [1.82, 2.24) is 9.88 Å². The van der Waals surface area contributed by atoms with E-state index in [0.29, 0.717) is 11.3 Å². The van der Waals surface area contributed by atoms with Crippen molar-refractivity contribution in [3.05, 3.63) is 35.5 Å². The van der Waals surface area contributed by atoms with Crippen molar-refractivity contribution in [1.29, 1.82) is 0 Å². The van der Waals surface area contributed by atoms with Crippen LogP contribution in [0.15, 0.2) is 39.9 Å². The molecule has 1 amide bonds. The van der Waals surface area contributed by atoms with Crippen LogP contribution in [-0.2, 0) is 9.59 Å². The maximum Gasteiger partial charge on any atom is 0.353 e. The highest BCUT2D eigenvalue weighted by molar-refractivity contribution is 8.01. The number of carbonyl (C=O) groups is 2. The molecule has 8 heteroatoms. The van der Waals surface area contributed by atoms with E-state index in [-0.39, 0.29) is 23.6 Å². The van der Waals surface area contributed by atoms with Crippen molar-refractivity contribution in [3.63, 3.8) is 0 Å². The third kappa shape index (κ3) is 3.00. The number of aliphatic hydroxyl groups excluding tert-OH is 1. The van der Waals surface area contributed by atoms with Crippen molar-refractivity contribution < 1.29 is 19.8 Å². The topological polar surface area (TPSA) is 90.7 Å². The molecule has 4 atom stereocenters. The number of fused-ring (bicyclic) bond motifs is 2. The quantitative estimate of drug-likeness (QED) is 0.454. The largest absolute Gasteiger partial charge is 0.477 e. The lowest BCUT2D eigenvalue weighted by Gasteiger charge is -2.46. The van der Waals surface area contributed by atoms with Gasteiger partial charge in [-0.1, -0.05) is 42.7 Å². The summed E-state index contributed by atoms with van der Waals surface area (Å²) in [4.78, 5) is 29.9. The van der Waals surface area contributed by atoms with Crippen molar-refractivity contribution in [2.75, 3.05) is 5.75 Å². The molecule has 0 aliphatic carbocycles. The second kappa shape index (κ2) is 7.24. The molecule has 28 heavy (non-hydrogen) atoms. The third-order valence-corrected chi connectivity index (χ3v) is 7.20. The van der Waals surface area contributed by atoms with Gasteiger partial charge in [0, 0.05) is 11.5 Å². The van der Waals surface area contributed by atoms with Crippen molar-refractivity contribution >= 4 is 45.2 Å². The molecule has 2 aliphatic heterocycles. The predicted octanol–water partition coefficient (Wildman–Crippen LogP) is 2.59. The van der Waals surface area contributed by atoms with Crippen molar-refractivity contribution in [2.45, 2.75) is 30.3 Å². The van der Waals surface area contributed by atoms with E-state index in [1.807, 2.05) is 31.2 Å². The van der Waals surface area contributed by atoms with Crippen LogP contribution < -0.4 is 0 Å². The lowest BCUT2D eigenvalue weighted by atomic mass is 9.78. The van der Waals surface area contributed by atoms with Crippen LogP contribution in [0.3, 0.4) is 0 Å². The Balaban J connectivity index is 1.52. The van der Waals surface area contributed by atoms with Crippen LogP contribution in [0.4, 0.5) is 0 Å². The highest BCUT2D eigenvalue weighted by Crippen LogP contribution is 2.46. The summed E-state index contributed by atoms with van der Waals surface area (Å²) in [5, 5.41) is 19.4. The summed E-state index contributed by atoms with van der Waals surface area (Å²) in [6.45, 7) is 3.42. The van der Waals surface area contributed by atoms with Gasteiger partial charge in [-0.05, 0) is 19.1 Å². The van der Waals surface area contributed by atoms with Crippen LogP contribution in [-0.4, -0.2) is 49.9 Å². The Bertz CT molecular complexity index is 1030. The number of carbonyl (C=O) groups excluding carboxylic acids is 1. The van der Waals surface area contributed by atoms with E-state index in [4.69, 9.17) is 0 Å². The van der Waals surface area contributed by atoms with Crippen LogP contribution in [0, 0.1) is 23.7 Å². The van der Waals surface area contributed by atoms with Gasteiger partial charge < -0.3 is 15.1 Å². The Hall–Kier alpha value is -2.34. The van der Waals surface area contributed by atoms with Gasteiger partial charge in [-0.15, -0.1) is 11.3 Å². The maximum atomic E-state index is 12.3. The Morgan fingerprint density at radius 2 is 2.18 bits per heavy atom. The zero-order valence-electron chi connectivity index (χ0n) is 15.2. The standard InChI is InChI=1S/C20H18N2O4S2/c1-10-12(17(19(25)26)22-16(10)15(11(2)23)18(22)24)6-5-9-27-20-21-13-7-3-4-8-14(13)28-20/h3-4,7-8,10-11,15-16,23H,9H2,1-2H3,(H,25,26)/t10-,11?,15?,16?/m0/s1. The summed E-state index contributed by atoms with van der Waals surface area (Å²) >= 11 is 3.10. The number of carboxylic acid groups (broad SMARTS) is 1. The Morgan fingerprint density at radius 1 is 1.43 bits per heavy atom. The first-order valence-corrected chi connectivity index (χ1v) is 10.7. The lowest BCUT2D eigenvalue weighted by Crippen LogP contribution is -2.63. The van der Waals surface area contributed by atoms with E-state index >= 15 is 0 Å². The molecule has 0 spiro atoms. The van der Waals surface area contributed by atoms with E-state index in [2.05, 4.69) is 16.8 Å². The molecule has 0 bridgehead atoms. The number of aliphatic hydroxyl groups is 1. The highest BCUT2D eigenvalue weighted by Gasteiger charge is 2.59. The van der Waals surface area contributed by atoms with Crippen LogP contribution in [0.25, 0.3) is 10.2 Å². The third-order valence-electron chi connectivity index (χ3n) is 5.14. The van der Waals surface area contributed by atoms with E-state index in [1.165, 1.54) is 16.7 Å². The first-order valence-electron chi connectivity index (χ1n) is 8.86. The molecule has 2 aromatic rings. The molecule has 4 rings (SSSR count). The minimum absolute atomic E-state index is 0.0445. The molecule has 0 saturated carbocycles. The number of hydrogen-bond donors (Lipinski definition) is 2. The number of para-hydroxylation sites is 1. The highest BCUT2D eigenvalue weighted by atomic mass is 32.2. The number of aromatic nitrogens is 1. The van der Waals surface area contributed by atoms with E-state index < -0.39 is 18.0 Å². The molecule has 144 valence electrons. The lowest BCUT2D eigenvalue weighted by molar-refractivity contribution is -0.163. The second-order valence-electron chi connectivity index (χ2n) is 6.86. The molecule has 6 nitrogen and oxygen atoms in total. The fraction of sp³-hybridized carbons (Fsp3) is 0.350. The van der Waals surface area contributed by atoms with Crippen LogP contribution in [0.1, 0.15) is 13.8 Å². The number of nitrogens with zero attached hydrogens (tertiary/aromatic N) is 2. The van der Waals surface area contributed by atoms with Gasteiger partial charge in [0.15, 0.2) is 4.34 Å². The van der Waals surface area contributed by atoms with Gasteiger partial charge in [-0.25, -0.2) is 9.78 Å². The molecule has 1 aromatic heterocycles. The Labute approximate surface area is 170 Å². The van der Waals surface area contributed by atoms with E-state index in [1.54, 1.807) is 18.3 Å². The Kier molecular flexibility index (Phi) is 4.91. The van der Waals surface area contributed by atoms with Crippen LogP contribution in [0.2, 0.25) is 0 Å². The molecule has 1 saturated heterocycles. The minimum atomic E-state index is -1.16. The first kappa shape index (κ1) is 19.0. The normalized spacial score (nSPS) is 24.6. The minimum Gasteiger partial charge on any atom is -0.477 e. The fourth-order valence-electron chi connectivity index (χ4n) is 3.87.